The maximum absolute atomic E-state index is 10.8. The molecule has 1 saturated heterocycles. The third kappa shape index (κ3) is 5.53. The molecular formula is C11H23NO11S. The minimum absolute atomic E-state index is 0.0983. The molecule has 0 aromatic heterocycles. The van der Waals surface area contributed by atoms with E-state index >= 15 is 0 Å². The summed E-state index contributed by atoms with van der Waals surface area (Å²) >= 11 is 0. The molecule has 144 valence electrons. The van der Waals surface area contributed by atoms with E-state index in [1.807, 2.05) is 0 Å². The average Bonchev–Trinajstić information content (AvgIpc) is 2.76. The first-order chi connectivity index (χ1) is 11.0. The zero-order valence-corrected chi connectivity index (χ0v) is 13.4. The molecule has 0 bridgehead atoms. The number of aliphatic hydroxyl groups is 7. The molecule has 1 aliphatic rings. The van der Waals surface area contributed by atoms with E-state index in [0.29, 0.717) is 0 Å². The van der Waals surface area contributed by atoms with Crippen molar-refractivity contribution in [3.8, 4) is 0 Å². The van der Waals surface area contributed by atoms with E-state index in [1.54, 1.807) is 0 Å². The van der Waals surface area contributed by atoms with Gasteiger partial charge in [0.1, 0.15) is 55.8 Å². The van der Waals surface area contributed by atoms with Crippen LogP contribution in [0, 0.1) is 0 Å². The van der Waals surface area contributed by atoms with Gasteiger partial charge in [-0.15, -0.1) is 0 Å². The summed E-state index contributed by atoms with van der Waals surface area (Å²) in [5, 5.41) is 66.5. The van der Waals surface area contributed by atoms with Gasteiger partial charge in [0.15, 0.2) is 0 Å². The van der Waals surface area contributed by atoms with E-state index in [0.717, 1.165) is 0 Å². The second kappa shape index (κ2) is 8.77. The second-order valence-electron chi connectivity index (χ2n) is 5.69. The lowest BCUT2D eigenvalue weighted by Gasteiger charge is -2.32. The van der Waals surface area contributed by atoms with Crippen LogP contribution >= 0.6 is 0 Å². The summed E-state index contributed by atoms with van der Waals surface area (Å²) < 4.78 is 36.3. The Kier molecular flexibility index (Phi) is 7.89. The van der Waals surface area contributed by atoms with Gasteiger partial charge in [-0.3, -0.25) is 4.18 Å². The zero-order valence-electron chi connectivity index (χ0n) is 12.5. The normalized spacial score (nSPS) is 33.2. The average molecular weight is 377 g/mol. The summed E-state index contributed by atoms with van der Waals surface area (Å²) in [5.41, 5.74) is 0. The van der Waals surface area contributed by atoms with E-state index in [-0.39, 0.29) is 11.4 Å². The van der Waals surface area contributed by atoms with Crippen molar-refractivity contribution < 1.29 is 57.8 Å². The van der Waals surface area contributed by atoms with Crippen LogP contribution in [0.2, 0.25) is 0 Å². The second-order valence-corrected chi connectivity index (χ2v) is 6.70. The number of nitrogens with one attached hydrogen (secondary N) is 1. The Morgan fingerprint density at radius 3 is 2.21 bits per heavy atom. The van der Waals surface area contributed by atoms with Crippen molar-refractivity contribution in [1.82, 2.24) is 0 Å². The van der Waals surface area contributed by atoms with Gasteiger partial charge in [0.2, 0.25) is 10.4 Å². The molecule has 24 heavy (non-hydrogen) atoms. The number of quaternary nitrogens is 1. The van der Waals surface area contributed by atoms with Gasteiger partial charge in [-0.2, -0.15) is 0 Å². The molecule has 1 fully saturated rings. The number of hydrogen-bond acceptors (Lipinski definition) is 11. The molecule has 0 amide bonds. The van der Waals surface area contributed by atoms with E-state index < -0.39 is 72.8 Å². The summed E-state index contributed by atoms with van der Waals surface area (Å²) in [7, 11) is -5.35. The van der Waals surface area contributed by atoms with Gasteiger partial charge in [-0.1, -0.05) is 0 Å². The quantitative estimate of drug-likeness (QED) is 0.140. The molecule has 0 aliphatic carbocycles. The van der Waals surface area contributed by atoms with Crippen molar-refractivity contribution in [3.05, 3.63) is 0 Å². The fourth-order valence-electron chi connectivity index (χ4n) is 2.72. The van der Waals surface area contributed by atoms with Crippen LogP contribution < -0.4 is 4.90 Å². The molecule has 0 aromatic rings. The lowest BCUT2D eigenvalue weighted by Crippen LogP contribution is -3.16. The Morgan fingerprint density at radius 2 is 1.75 bits per heavy atom. The van der Waals surface area contributed by atoms with Crippen molar-refractivity contribution in [2.24, 2.45) is 0 Å². The highest BCUT2D eigenvalue weighted by molar-refractivity contribution is 7.80. The molecule has 13 heteroatoms. The molecule has 1 rings (SSSR count). The van der Waals surface area contributed by atoms with E-state index in [1.165, 1.54) is 0 Å². The zero-order chi connectivity index (χ0) is 18.7. The highest BCUT2D eigenvalue weighted by atomic mass is 32.3. The number of rotatable bonds is 9. The van der Waals surface area contributed by atoms with Gasteiger partial charge >= 0.3 is 0 Å². The smallest absolute Gasteiger partial charge is 0.218 e. The van der Waals surface area contributed by atoms with Crippen LogP contribution in [0.25, 0.3) is 0 Å². The largest absolute Gasteiger partial charge is 0.726 e. The molecule has 0 radical (unpaired) electrons. The van der Waals surface area contributed by atoms with E-state index in [2.05, 4.69) is 4.18 Å². The molecule has 0 spiro atoms. The van der Waals surface area contributed by atoms with Crippen LogP contribution in [0.4, 0.5) is 0 Å². The van der Waals surface area contributed by atoms with Crippen molar-refractivity contribution in [3.63, 3.8) is 0 Å². The molecule has 8 N–H and O–H groups in total. The molecule has 8 atom stereocenters. The van der Waals surface area contributed by atoms with Gasteiger partial charge in [-0.05, 0) is 0 Å². The fraction of sp³-hybridized carbons (Fsp3) is 1.00. The summed E-state index contributed by atoms with van der Waals surface area (Å²) in [5.74, 6) is 0. The van der Waals surface area contributed by atoms with Crippen molar-refractivity contribution in [1.29, 1.82) is 0 Å². The molecule has 12 nitrogen and oxygen atoms in total. The first-order valence-corrected chi connectivity index (χ1v) is 8.45. The topological polar surface area (TPSA) is 212 Å². The summed E-state index contributed by atoms with van der Waals surface area (Å²) in [6, 6.07) is -0.890. The van der Waals surface area contributed by atoms with Crippen LogP contribution in [0.5, 0.6) is 0 Å². The highest BCUT2D eigenvalue weighted by Crippen LogP contribution is 2.12. The third-order valence-electron chi connectivity index (χ3n) is 4.00. The highest BCUT2D eigenvalue weighted by Gasteiger charge is 2.46. The molecule has 1 aliphatic heterocycles. The maximum Gasteiger partial charge on any atom is 0.218 e. The van der Waals surface area contributed by atoms with Crippen LogP contribution in [0.1, 0.15) is 0 Å². The monoisotopic (exact) mass is 377 g/mol. The van der Waals surface area contributed by atoms with Gasteiger partial charge in [0.25, 0.3) is 0 Å². The van der Waals surface area contributed by atoms with E-state index in [9.17, 15) is 43.6 Å². The predicted molar refractivity (Wildman–Crippen MR) is 73.3 cm³/mol. The Hall–Kier alpha value is -0.450. The third-order valence-corrected chi connectivity index (χ3v) is 4.45. The van der Waals surface area contributed by atoms with Gasteiger partial charge in [0.05, 0.1) is 13.2 Å². The van der Waals surface area contributed by atoms with Crippen LogP contribution in [-0.2, 0) is 14.6 Å². The van der Waals surface area contributed by atoms with Gasteiger partial charge in [-0.25, -0.2) is 8.42 Å². The lowest BCUT2D eigenvalue weighted by atomic mass is 10.0. The van der Waals surface area contributed by atoms with Crippen molar-refractivity contribution >= 4 is 10.4 Å². The first kappa shape index (κ1) is 21.6. The Morgan fingerprint density at radius 1 is 1.17 bits per heavy atom. The van der Waals surface area contributed by atoms with Crippen molar-refractivity contribution in [2.45, 2.75) is 42.7 Å². The van der Waals surface area contributed by atoms with Gasteiger partial charge < -0.3 is 45.2 Å². The minimum atomic E-state index is -5.35. The summed E-state index contributed by atoms with van der Waals surface area (Å²) in [6.45, 7) is -2.05. The standard InChI is InChI=1S/C11H23NO11S/c13-3-5-9(18)6(15)1-12(5)2-7(16)11(23-24(20,21)22)10(19)8(17)4-14/h5-11,13-19H,1-4H2,(H,20,21,22)/t5-,6-,7-,8+,9-,10-,11+/m1/s1. The lowest BCUT2D eigenvalue weighted by molar-refractivity contribution is -0.919. The van der Waals surface area contributed by atoms with Crippen LogP contribution in [0.3, 0.4) is 0 Å². The Bertz CT molecular complexity index is 488. The molecule has 0 saturated carbocycles. The maximum atomic E-state index is 10.8. The molecule has 1 unspecified atom stereocenters. The summed E-state index contributed by atoms with van der Waals surface area (Å²) in [4.78, 5) is 0.271. The molecule has 0 aromatic carbocycles. The van der Waals surface area contributed by atoms with Gasteiger partial charge in [0, 0.05) is 0 Å². The molecule has 1 heterocycles. The SMILES string of the molecule is O=S(=O)([O-])O[C@H]([C@H](O)[C@@H](O)CO)[C@H](O)C[NH+]1C[C@@H](O)[C@H](O)[C@H]1CO. The Labute approximate surface area is 138 Å². The minimum Gasteiger partial charge on any atom is -0.726 e. The number of likely N-dealkylation sites (tertiary alicyclic amines) is 1. The van der Waals surface area contributed by atoms with E-state index in [4.69, 9.17) is 5.11 Å². The Balaban J connectivity index is 2.89. The van der Waals surface area contributed by atoms with Crippen LogP contribution in [0.15, 0.2) is 0 Å². The first-order valence-electron chi connectivity index (χ1n) is 7.12. The fourth-order valence-corrected chi connectivity index (χ4v) is 3.23. The van der Waals surface area contributed by atoms with Crippen LogP contribution in [-0.4, -0.2) is 118 Å². The number of aliphatic hydroxyl groups excluding tert-OH is 7. The number of hydrogen-bond donors (Lipinski definition) is 8. The summed E-state index contributed by atoms with van der Waals surface area (Å²) in [6.07, 6.45) is -10.4. The molecular weight excluding hydrogens is 354 g/mol. The van der Waals surface area contributed by atoms with Crippen molar-refractivity contribution in [2.75, 3.05) is 26.3 Å². The predicted octanol–water partition coefficient (Wildman–Crippen LogP) is -7.11.